The van der Waals surface area contributed by atoms with E-state index < -0.39 is 0 Å². The first-order chi connectivity index (χ1) is 38.0. The van der Waals surface area contributed by atoms with Crippen LogP contribution in [0.4, 0.5) is 45.5 Å². The van der Waals surface area contributed by atoms with Crippen molar-refractivity contribution in [1.82, 2.24) is 0 Å². The van der Waals surface area contributed by atoms with Gasteiger partial charge in [-0.25, -0.2) is 0 Å². The second-order valence-electron chi connectivity index (χ2n) is 24.0. The molecule has 0 spiro atoms. The van der Waals surface area contributed by atoms with Crippen molar-refractivity contribution in [3.63, 3.8) is 0 Å². The molecule has 8 rings (SSSR count). The van der Waals surface area contributed by atoms with Gasteiger partial charge in [0.05, 0.1) is 36.0 Å². The molecule has 8 nitrogen and oxygen atoms in total. The fourth-order valence-electron chi connectivity index (χ4n) is 10.1. The summed E-state index contributed by atoms with van der Waals surface area (Å²) in [6.45, 7) is 32.1. The van der Waals surface area contributed by atoms with Gasteiger partial charge in [-0.15, -0.1) is 0 Å². The Morgan fingerprint density at radius 1 is 0.422 bits per heavy atom. The van der Waals surface area contributed by atoms with E-state index in [1.54, 1.807) is 14.2 Å². The van der Waals surface area contributed by atoms with Crippen LogP contribution in [0.3, 0.4) is 0 Å². The maximum atomic E-state index is 13.9. The van der Waals surface area contributed by atoms with Crippen LogP contribution in [0.5, 0.6) is 11.5 Å². The van der Waals surface area contributed by atoms with Crippen LogP contribution >= 0.6 is 0 Å². The van der Waals surface area contributed by atoms with Crippen LogP contribution < -0.4 is 30.6 Å². The van der Waals surface area contributed by atoms with E-state index in [4.69, 9.17) is 9.47 Å². The van der Waals surface area contributed by atoms with Crippen molar-refractivity contribution in [2.45, 2.75) is 120 Å². The minimum Gasteiger partial charge on any atom is -0.872 e. The first-order valence-corrected chi connectivity index (χ1v) is 28.3. The Labute approximate surface area is 519 Å². The fraction of sp³-hybridized carbons (Fsp3) is 0.324. The van der Waals surface area contributed by atoms with Crippen LogP contribution in [-0.4, -0.2) is 40.5 Å². The van der Waals surface area contributed by atoms with Crippen molar-refractivity contribution < 1.29 is 45.5 Å². The van der Waals surface area contributed by atoms with Crippen LogP contribution in [-0.2, 0) is 46.1 Å². The molecule has 0 atom stereocenters. The average molecular weight is 1280 g/mol. The molecule has 9 heteroatoms. The molecule has 8 aromatic carbocycles. The second-order valence-corrected chi connectivity index (χ2v) is 24.0. The molecule has 83 heavy (non-hydrogen) atoms. The molecule has 0 saturated carbocycles. The number of anilines is 8. The number of ether oxygens (including phenoxy) is 2. The third-order valence-corrected chi connectivity index (χ3v) is 14.7. The minimum absolute atomic E-state index is 0. The summed E-state index contributed by atoms with van der Waals surface area (Å²) < 4.78 is 11.2. The van der Waals surface area contributed by atoms with Crippen LogP contribution in [0.2, 0.25) is 0 Å². The van der Waals surface area contributed by atoms with Gasteiger partial charge in [0.15, 0.2) is 0 Å². The van der Waals surface area contributed by atoms with Crippen LogP contribution in [0.25, 0.3) is 22.3 Å². The van der Waals surface area contributed by atoms with E-state index in [0.717, 1.165) is 90.0 Å². The van der Waals surface area contributed by atoms with Gasteiger partial charge in [0, 0.05) is 61.2 Å². The summed E-state index contributed by atoms with van der Waals surface area (Å²) in [6.07, 6.45) is 0. The molecular weight excluding hydrogens is 1190 g/mol. The van der Waals surface area contributed by atoms with E-state index in [-0.39, 0.29) is 63.0 Å². The van der Waals surface area contributed by atoms with Gasteiger partial charge in [-0.2, -0.15) is 0 Å². The number of rotatable bonds is 18. The van der Waals surface area contributed by atoms with Gasteiger partial charge < -0.3 is 55.0 Å². The number of nitrogens with zero attached hydrogens (tertiary/aromatic N) is 2. The maximum Gasteiger partial charge on any atom is 4.00 e. The SMILES string of the molecule is COCCN(c1cc(C(C)C)ccc1Nc1ccc(C)cc1)c1ccccc1-c1cc(C)cc(C(C)(C)C)c1[O-].COCCN(c1cc(C(C)C)ccc1Nc1ccc(C)cc1)c1ccccc1-c1cc(C)cc(C(C)(C)C)c1[O-].[CH3-].[CH3-].[Hf+4]. The molecule has 0 heterocycles. The van der Waals surface area contributed by atoms with Crippen molar-refractivity contribution >= 4 is 45.5 Å². The van der Waals surface area contributed by atoms with Gasteiger partial charge in [0.2, 0.25) is 0 Å². The summed E-state index contributed by atoms with van der Waals surface area (Å²) in [7, 11) is 3.46. The minimum atomic E-state index is -0.251. The zero-order valence-corrected chi connectivity index (χ0v) is 56.6. The molecule has 0 aliphatic carbocycles. The van der Waals surface area contributed by atoms with Crippen molar-refractivity contribution in [2.24, 2.45) is 0 Å². The van der Waals surface area contributed by atoms with E-state index in [9.17, 15) is 10.2 Å². The number of aryl methyl sites for hydroxylation is 4. The van der Waals surface area contributed by atoms with E-state index in [1.807, 2.05) is 48.5 Å². The summed E-state index contributed by atoms with van der Waals surface area (Å²) in [5.41, 5.74) is 19.7. The van der Waals surface area contributed by atoms with Crippen LogP contribution in [0, 0.1) is 42.5 Å². The number of methoxy groups -OCH3 is 2. The van der Waals surface area contributed by atoms with Gasteiger partial charge in [0.1, 0.15) is 0 Å². The smallest absolute Gasteiger partial charge is 0.872 e. The third kappa shape index (κ3) is 17.2. The number of hydrogen-bond donors (Lipinski definition) is 2. The number of para-hydroxylation sites is 2. The summed E-state index contributed by atoms with van der Waals surface area (Å²) in [6, 6.07) is 54.7. The van der Waals surface area contributed by atoms with Crippen molar-refractivity contribution in [3.05, 3.63) is 217 Å². The molecule has 0 unspecified atom stereocenters. The molecular formula is C74H92HfN4O4. The summed E-state index contributed by atoms with van der Waals surface area (Å²) in [5.74, 6) is 0.912. The topological polar surface area (TPSA) is 95.1 Å². The van der Waals surface area contributed by atoms with Gasteiger partial charge >= 0.3 is 25.8 Å². The normalized spacial score (nSPS) is 11.2. The van der Waals surface area contributed by atoms with Crippen molar-refractivity contribution in [3.8, 4) is 33.8 Å². The van der Waals surface area contributed by atoms with Crippen LogP contribution in [0.1, 0.15) is 126 Å². The monoisotopic (exact) mass is 1280 g/mol. The molecule has 0 aliphatic rings. The summed E-state index contributed by atoms with van der Waals surface area (Å²) in [4.78, 5) is 4.58. The Morgan fingerprint density at radius 3 is 1.07 bits per heavy atom. The van der Waals surface area contributed by atoms with Crippen molar-refractivity contribution in [1.29, 1.82) is 0 Å². The molecule has 0 aliphatic heterocycles. The number of benzene rings is 8. The average Bonchev–Trinajstić information content (AvgIpc) is 3.61. The Balaban J connectivity index is 0.000000344. The number of nitrogens with one attached hydrogen (secondary N) is 2. The Hall–Kier alpha value is -6.65. The standard InChI is InChI=1S/2C36H44N2O2.2CH3.Hf/c2*1-24(2)27-15-18-32(37-28-16-13-25(3)14-17-28)34(23-27)38(19-20-40-8)33-12-10-9-11-29(33)30-21-26(4)22-31(35(30)39)36(5,6)7;;;/h2*9-18,21-24,37,39H,19-20H2,1-8H3;2*1H3;/q;;2*-1;+4/p-2. The fourth-order valence-corrected chi connectivity index (χ4v) is 10.1. The molecule has 0 amide bonds. The van der Waals surface area contributed by atoms with E-state index >= 15 is 0 Å². The van der Waals surface area contributed by atoms with E-state index in [0.29, 0.717) is 38.1 Å². The Bertz CT molecular complexity index is 3130. The first kappa shape index (κ1) is 68.8. The molecule has 0 saturated heterocycles. The van der Waals surface area contributed by atoms with Gasteiger partial charge in [-0.3, -0.25) is 0 Å². The molecule has 0 fully saturated rings. The molecule has 0 aromatic heterocycles. The molecule has 2 N–H and O–H groups in total. The van der Waals surface area contributed by atoms with Gasteiger partial charge in [0.25, 0.3) is 0 Å². The van der Waals surface area contributed by atoms with Gasteiger partial charge in [-0.05, 0) is 144 Å². The summed E-state index contributed by atoms with van der Waals surface area (Å²) >= 11 is 0. The molecule has 8 aromatic rings. The Morgan fingerprint density at radius 2 is 0.759 bits per heavy atom. The third-order valence-electron chi connectivity index (χ3n) is 14.7. The zero-order valence-electron chi connectivity index (χ0n) is 53.0. The van der Waals surface area contributed by atoms with Crippen molar-refractivity contribution in [2.75, 3.05) is 61.0 Å². The Kier molecular flexibility index (Phi) is 25.1. The first-order valence-electron chi connectivity index (χ1n) is 28.3. The molecule has 0 radical (unpaired) electrons. The predicted octanol–water partition coefficient (Wildman–Crippen LogP) is 18.9. The summed E-state index contributed by atoms with van der Waals surface area (Å²) in [5, 5.41) is 35.1. The van der Waals surface area contributed by atoms with E-state index in [2.05, 4.69) is 227 Å². The van der Waals surface area contributed by atoms with Crippen LogP contribution in [0.15, 0.2) is 158 Å². The molecule has 0 bridgehead atoms. The van der Waals surface area contributed by atoms with Gasteiger partial charge in [-0.1, -0.05) is 200 Å². The maximum absolute atomic E-state index is 13.9. The predicted molar refractivity (Wildman–Crippen MR) is 350 cm³/mol. The number of hydrogen-bond acceptors (Lipinski definition) is 8. The van der Waals surface area contributed by atoms with E-state index in [1.165, 1.54) is 22.3 Å². The largest absolute Gasteiger partial charge is 4.00 e. The molecule has 436 valence electrons. The quantitative estimate of drug-likeness (QED) is 0.0648. The zero-order chi connectivity index (χ0) is 58.1. The second kappa shape index (κ2) is 30.2.